The number of halogens is 1. The van der Waals surface area contributed by atoms with Crippen molar-refractivity contribution in [2.75, 3.05) is 24.5 Å². The van der Waals surface area contributed by atoms with Gasteiger partial charge in [0, 0.05) is 50.2 Å². The molecule has 0 saturated carbocycles. The number of nitrogens with zero attached hydrogens (tertiary/aromatic N) is 4. The van der Waals surface area contributed by atoms with E-state index in [4.69, 9.17) is 4.74 Å². The van der Waals surface area contributed by atoms with Crippen molar-refractivity contribution in [2.24, 2.45) is 0 Å². The van der Waals surface area contributed by atoms with Crippen LogP contribution in [0.2, 0.25) is 0 Å². The second-order valence-electron chi connectivity index (χ2n) is 10.0. The number of fused-ring (bicyclic) bond motifs is 4. The number of aromatic nitrogens is 3. The molecule has 4 heterocycles. The third-order valence-corrected chi connectivity index (χ3v) is 7.60. The van der Waals surface area contributed by atoms with E-state index >= 15 is 4.39 Å². The summed E-state index contributed by atoms with van der Waals surface area (Å²) in [6.07, 6.45) is 9.44. The van der Waals surface area contributed by atoms with Crippen molar-refractivity contribution >= 4 is 33.3 Å². The van der Waals surface area contributed by atoms with Gasteiger partial charge in [-0.05, 0) is 36.8 Å². The van der Waals surface area contributed by atoms with E-state index in [1.807, 2.05) is 56.6 Å². The van der Waals surface area contributed by atoms with Gasteiger partial charge < -0.3 is 24.1 Å². The van der Waals surface area contributed by atoms with Crippen molar-refractivity contribution in [1.82, 2.24) is 19.4 Å². The van der Waals surface area contributed by atoms with Gasteiger partial charge in [0.05, 0.1) is 17.4 Å². The number of anilines is 1. The minimum atomic E-state index is -0.523. The number of hydrogen-bond acceptors (Lipinski definition) is 5. The molecule has 0 radical (unpaired) electrons. The van der Waals surface area contributed by atoms with Crippen molar-refractivity contribution in [3.05, 3.63) is 89.0 Å². The number of pyridine rings is 1. The molecule has 2 aliphatic rings. The molecule has 39 heavy (non-hydrogen) atoms. The first kappa shape index (κ1) is 23.5. The third-order valence-electron chi connectivity index (χ3n) is 7.60. The van der Waals surface area contributed by atoms with E-state index in [0.717, 1.165) is 23.6 Å². The number of ether oxygens (including phenoxy) is 1. The Labute approximate surface area is 223 Å². The van der Waals surface area contributed by atoms with E-state index in [1.165, 1.54) is 6.07 Å². The average Bonchev–Trinajstić information content (AvgIpc) is 3.67. The maximum atomic E-state index is 15.8. The molecular weight excluding hydrogens is 497 g/mol. The van der Waals surface area contributed by atoms with E-state index in [-0.39, 0.29) is 10.9 Å². The highest BCUT2D eigenvalue weighted by Crippen LogP contribution is 2.49. The molecule has 7 rings (SSSR count). The zero-order valence-electron chi connectivity index (χ0n) is 21.2. The van der Waals surface area contributed by atoms with Crippen LogP contribution in [0.1, 0.15) is 29.6 Å². The Morgan fingerprint density at radius 3 is 2.74 bits per heavy atom. The number of carbonyl (C=O) groups is 1. The predicted molar refractivity (Wildman–Crippen MR) is 148 cm³/mol. The molecule has 0 spiro atoms. The topological polar surface area (TPSA) is 81.4 Å². The number of aryl methyl sites for hydroxylation is 1. The Bertz CT molecular complexity index is 1810. The lowest BCUT2D eigenvalue weighted by Gasteiger charge is -2.29. The highest BCUT2D eigenvalue weighted by Gasteiger charge is 2.32. The molecule has 5 aromatic rings. The zero-order chi connectivity index (χ0) is 26.5. The standard InChI is InChI=1S/C30H26FN5O3/c31-23-16-21-25-29(26(23)35-13-3-4-14-35)39-28-20-7-2-1-6-19(20)8-9-24(28)36(25)17-22(27(21)37)30(38)33-10-5-12-34-15-11-32-18-34/h1-2,6-9,11,15-18H,3-5,10,12-14H2,(H,33,38). The first-order valence-electron chi connectivity index (χ1n) is 13.2. The van der Waals surface area contributed by atoms with Gasteiger partial charge in [-0.25, -0.2) is 9.37 Å². The van der Waals surface area contributed by atoms with Gasteiger partial charge in [0.1, 0.15) is 16.8 Å². The number of carbonyl (C=O) groups excluding carboxylic acids is 1. The molecule has 8 nitrogen and oxygen atoms in total. The van der Waals surface area contributed by atoms with Crippen molar-refractivity contribution in [2.45, 2.75) is 25.8 Å². The Hall–Kier alpha value is -4.66. The Morgan fingerprint density at radius 1 is 1.08 bits per heavy atom. The van der Waals surface area contributed by atoms with Crippen LogP contribution < -0.4 is 20.4 Å². The summed E-state index contributed by atoms with van der Waals surface area (Å²) >= 11 is 0. The third kappa shape index (κ3) is 3.84. The van der Waals surface area contributed by atoms with Crippen LogP contribution in [0.4, 0.5) is 10.1 Å². The van der Waals surface area contributed by atoms with Crippen LogP contribution in [0, 0.1) is 5.82 Å². The number of imidazole rings is 1. The molecule has 0 atom stereocenters. The molecule has 3 aromatic carbocycles. The van der Waals surface area contributed by atoms with Gasteiger partial charge in [-0.2, -0.15) is 0 Å². The monoisotopic (exact) mass is 523 g/mol. The SMILES string of the molecule is O=C(NCCCn1ccnc1)c1cn2c3c(c(N4CCCC4)c(F)cc3c1=O)Oc1c-2ccc2ccccc12. The largest absolute Gasteiger partial charge is 0.450 e. The smallest absolute Gasteiger partial charge is 0.256 e. The summed E-state index contributed by atoms with van der Waals surface area (Å²) in [6, 6.07) is 13.0. The van der Waals surface area contributed by atoms with Gasteiger partial charge in [-0.15, -0.1) is 0 Å². The van der Waals surface area contributed by atoms with E-state index in [0.29, 0.717) is 61.0 Å². The second kappa shape index (κ2) is 9.27. The maximum Gasteiger partial charge on any atom is 0.256 e. The summed E-state index contributed by atoms with van der Waals surface area (Å²) in [5.74, 6) is -0.122. The summed E-state index contributed by atoms with van der Waals surface area (Å²) in [5, 5.41) is 4.83. The lowest BCUT2D eigenvalue weighted by molar-refractivity contribution is 0.0951. The molecule has 2 aromatic heterocycles. The van der Waals surface area contributed by atoms with Crippen molar-refractivity contribution in [3.8, 4) is 17.2 Å². The maximum absolute atomic E-state index is 15.8. The van der Waals surface area contributed by atoms with Crippen molar-refractivity contribution in [3.63, 3.8) is 0 Å². The molecule has 9 heteroatoms. The first-order chi connectivity index (χ1) is 19.1. The minimum absolute atomic E-state index is 0.0367. The van der Waals surface area contributed by atoms with Crippen LogP contribution in [0.3, 0.4) is 0 Å². The Kier molecular flexibility index (Phi) is 5.57. The minimum Gasteiger partial charge on any atom is -0.450 e. The number of rotatable bonds is 6. The van der Waals surface area contributed by atoms with Gasteiger partial charge >= 0.3 is 0 Å². The van der Waals surface area contributed by atoms with Gasteiger partial charge in [-0.3, -0.25) is 9.59 Å². The molecule has 1 fully saturated rings. The zero-order valence-corrected chi connectivity index (χ0v) is 21.2. The van der Waals surface area contributed by atoms with Crippen molar-refractivity contribution < 1.29 is 13.9 Å². The van der Waals surface area contributed by atoms with Crippen LogP contribution in [0.15, 0.2) is 72.2 Å². The average molecular weight is 524 g/mol. The molecule has 0 aliphatic carbocycles. The summed E-state index contributed by atoms with van der Waals surface area (Å²) in [6.45, 7) is 2.50. The molecule has 196 valence electrons. The highest BCUT2D eigenvalue weighted by molar-refractivity contribution is 6.03. The highest BCUT2D eigenvalue weighted by atomic mass is 19.1. The van der Waals surface area contributed by atoms with Gasteiger partial charge in [0.15, 0.2) is 17.3 Å². The summed E-state index contributed by atoms with van der Waals surface area (Å²) in [7, 11) is 0. The summed E-state index contributed by atoms with van der Waals surface area (Å²) in [4.78, 5) is 32.9. The van der Waals surface area contributed by atoms with E-state index in [9.17, 15) is 9.59 Å². The molecule has 0 unspecified atom stereocenters. The lowest BCUT2D eigenvalue weighted by atomic mass is 10.0. The Morgan fingerprint density at radius 2 is 1.92 bits per heavy atom. The van der Waals surface area contributed by atoms with Crippen molar-refractivity contribution in [1.29, 1.82) is 0 Å². The lowest BCUT2D eigenvalue weighted by Crippen LogP contribution is -2.31. The Balaban J connectivity index is 1.37. The molecular formula is C30H26FN5O3. The fourth-order valence-corrected chi connectivity index (χ4v) is 5.71. The van der Waals surface area contributed by atoms with Gasteiger partial charge in [0.2, 0.25) is 5.43 Å². The molecule has 1 amide bonds. The van der Waals surface area contributed by atoms with E-state index in [1.54, 1.807) is 18.7 Å². The van der Waals surface area contributed by atoms with Crippen LogP contribution in [-0.2, 0) is 6.54 Å². The number of benzene rings is 3. The molecule has 0 bridgehead atoms. The fourth-order valence-electron chi connectivity index (χ4n) is 5.71. The number of amides is 1. The quantitative estimate of drug-likeness (QED) is 0.311. The second-order valence-corrected chi connectivity index (χ2v) is 10.0. The van der Waals surface area contributed by atoms with Gasteiger partial charge in [0.25, 0.3) is 5.91 Å². The normalized spacial score (nSPS) is 14.0. The summed E-state index contributed by atoms with van der Waals surface area (Å²) < 4.78 is 26.0. The molecule has 2 aliphatic heterocycles. The van der Waals surface area contributed by atoms with Gasteiger partial charge in [-0.1, -0.05) is 30.3 Å². The number of nitrogens with one attached hydrogen (secondary N) is 1. The number of hydrogen-bond donors (Lipinski definition) is 1. The van der Waals surface area contributed by atoms with Crippen LogP contribution >= 0.6 is 0 Å². The molecule has 1 saturated heterocycles. The van der Waals surface area contributed by atoms with Crippen LogP contribution in [-0.4, -0.2) is 39.7 Å². The van der Waals surface area contributed by atoms with Crippen LogP contribution in [0.25, 0.3) is 27.4 Å². The fraction of sp³-hybridized carbons (Fsp3) is 0.233. The van der Waals surface area contributed by atoms with E-state index < -0.39 is 17.2 Å². The van der Waals surface area contributed by atoms with Crippen LogP contribution in [0.5, 0.6) is 11.5 Å². The predicted octanol–water partition coefficient (Wildman–Crippen LogP) is 5.01. The molecule has 1 N–H and O–H groups in total. The first-order valence-corrected chi connectivity index (χ1v) is 13.2. The summed E-state index contributed by atoms with van der Waals surface area (Å²) in [5.41, 5.74) is 0.977. The van der Waals surface area contributed by atoms with E-state index in [2.05, 4.69) is 10.3 Å².